The molecule has 0 fully saturated rings. The van der Waals surface area contributed by atoms with Gasteiger partial charge in [-0.25, -0.2) is 0 Å². The molecule has 0 atom stereocenters. The van der Waals surface area contributed by atoms with Gasteiger partial charge in [0.1, 0.15) is 5.69 Å². The van der Waals surface area contributed by atoms with Crippen molar-refractivity contribution in [3.63, 3.8) is 0 Å². The van der Waals surface area contributed by atoms with Gasteiger partial charge < -0.3 is 16.0 Å². The summed E-state index contributed by atoms with van der Waals surface area (Å²) in [7, 11) is 0. The number of nitrogens with one attached hydrogen (secondary N) is 2. The molecule has 2 amide bonds. The highest BCUT2D eigenvalue weighted by Crippen LogP contribution is 2.18. The normalized spacial score (nSPS) is 10.6. The van der Waals surface area contributed by atoms with Gasteiger partial charge in [0.05, 0.1) is 0 Å². The lowest BCUT2D eigenvalue weighted by molar-refractivity contribution is 0.0995. The highest BCUT2D eigenvalue weighted by atomic mass is 16.2. The Balaban J connectivity index is 1.86. The summed E-state index contributed by atoms with van der Waals surface area (Å²) in [5.41, 5.74) is 8.60. The molecule has 0 saturated carbocycles. The summed E-state index contributed by atoms with van der Waals surface area (Å²) >= 11 is 0. The average Bonchev–Trinajstić information content (AvgIpc) is 2.90. The van der Waals surface area contributed by atoms with Crippen LogP contribution in [0.5, 0.6) is 0 Å². The fraction of sp³-hybridized carbons (Fsp3) is 0.0588. The van der Waals surface area contributed by atoms with E-state index in [-0.39, 0.29) is 5.91 Å². The van der Waals surface area contributed by atoms with Gasteiger partial charge in [0.2, 0.25) is 5.91 Å². The number of aromatic amines is 1. The predicted octanol–water partition coefficient (Wildman–Crippen LogP) is 2.83. The Labute approximate surface area is 127 Å². The van der Waals surface area contributed by atoms with E-state index in [0.29, 0.717) is 16.9 Å². The van der Waals surface area contributed by atoms with E-state index in [9.17, 15) is 9.59 Å². The van der Waals surface area contributed by atoms with Gasteiger partial charge in [-0.3, -0.25) is 9.59 Å². The molecule has 0 aliphatic carbocycles. The molecule has 1 heterocycles. The van der Waals surface area contributed by atoms with Gasteiger partial charge in [-0.05, 0) is 42.8 Å². The number of amides is 2. The minimum Gasteiger partial charge on any atom is -0.366 e. The number of fused-ring (bicyclic) bond motifs is 1. The lowest BCUT2D eigenvalue weighted by atomic mass is 10.2. The predicted molar refractivity (Wildman–Crippen MR) is 85.9 cm³/mol. The molecule has 2 aromatic carbocycles. The third-order valence-corrected chi connectivity index (χ3v) is 3.43. The quantitative estimate of drug-likeness (QED) is 0.693. The molecule has 3 aromatic rings. The number of H-pyrrole nitrogens is 1. The molecular formula is C17H15N3O2. The van der Waals surface area contributed by atoms with Gasteiger partial charge in [-0.1, -0.05) is 18.2 Å². The maximum absolute atomic E-state index is 12.3. The number of benzene rings is 2. The van der Waals surface area contributed by atoms with Crippen LogP contribution >= 0.6 is 0 Å². The second kappa shape index (κ2) is 5.37. The first-order chi connectivity index (χ1) is 10.5. The first-order valence-electron chi connectivity index (χ1n) is 6.83. The zero-order valence-corrected chi connectivity index (χ0v) is 12.0. The molecule has 0 bridgehead atoms. The number of nitrogens with two attached hydrogens (primary N) is 1. The van der Waals surface area contributed by atoms with Crippen LogP contribution in [-0.2, 0) is 0 Å². The van der Waals surface area contributed by atoms with Crippen LogP contribution in [0.1, 0.15) is 26.4 Å². The number of hydrogen-bond acceptors (Lipinski definition) is 2. The molecule has 5 heteroatoms. The molecule has 0 aliphatic rings. The summed E-state index contributed by atoms with van der Waals surface area (Å²) in [5, 5.41) is 3.72. The number of carbonyl (C=O) groups is 2. The van der Waals surface area contributed by atoms with Crippen LogP contribution < -0.4 is 11.1 Å². The zero-order valence-electron chi connectivity index (χ0n) is 12.0. The Morgan fingerprint density at radius 3 is 2.68 bits per heavy atom. The molecule has 1 aromatic heterocycles. The van der Waals surface area contributed by atoms with E-state index in [0.717, 1.165) is 16.5 Å². The van der Waals surface area contributed by atoms with Gasteiger partial charge in [-0.15, -0.1) is 0 Å². The number of anilines is 1. The number of carbonyl (C=O) groups excluding carboxylic acids is 2. The van der Waals surface area contributed by atoms with E-state index in [2.05, 4.69) is 10.3 Å². The molecule has 0 radical (unpaired) electrons. The fourth-order valence-electron chi connectivity index (χ4n) is 2.31. The Morgan fingerprint density at radius 2 is 1.91 bits per heavy atom. The second-order valence-electron chi connectivity index (χ2n) is 5.17. The van der Waals surface area contributed by atoms with Crippen molar-refractivity contribution in [1.29, 1.82) is 0 Å². The molecule has 5 nitrogen and oxygen atoms in total. The maximum atomic E-state index is 12.3. The van der Waals surface area contributed by atoms with Crippen LogP contribution in [0.3, 0.4) is 0 Å². The molecule has 0 saturated heterocycles. The first kappa shape index (κ1) is 13.9. The molecule has 22 heavy (non-hydrogen) atoms. The average molecular weight is 293 g/mol. The Hall–Kier alpha value is -3.08. The van der Waals surface area contributed by atoms with E-state index in [1.54, 1.807) is 30.3 Å². The highest BCUT2D eigenvalue weighted by Gasteiger charge is 2.10. The van der Waals surface area contributed by atoms with Gasteiger partial charge in [0.25, 0.3) is 5.91 Å². The van der Waals surface area contributed by atoms with Crippen LogP contribution in [0.4, 0.5) is 5.69 Å². The number of aryl methyl sites for hydroxylation is 1. The molecule has 3 rings (SSSR count). The van der Waals surface area contributed by atoms with Crippen molar-refractivity contribution < 1.29 is 9.59 Å². The van der Waals surface area contributed by atoms with E-state index in [1.165, 1.54) is 0 Å². The van der Waals surface area contributed by atoms with E-state index < -0.39 is 5.91 Å². The van der Waals surface area contributed by atoms with Crippen molar-refractivity contribution in [2.45, 2.75) is 6.92 Å². The van der Waals surface area contributed by atoms with Crippen molar-refractivity contribution in [1.82, 2.24) is 4.98 Å². The lowest BCUT2D eigenvalue weighted by Crippen LogP contribution is -2.14. The Morgan fingerprint density at radius 1 is 1.09 bits per heavy atom. The summed E-state index contributed by atoms with van der Waals surface area (Å²) in [6.45, 7) is 2.00. The molecular weight excluding hydrogens is 278 g/mol. The van der Waals surface area contributed by atoms with Crippen molar-refractivity contribution in [3.05, 3.63) is 65.4 Å². The Kier molecular flexibility index (Phi) is 3.39. The second-order valence-corrected chi connectivity index (χ2v) is 5.17. The van der Waals surface area contributed by atoms with Gasteiger partial charge in [0.15, 0.2) is 0 Å². The molecule has 4 N–H and O–H groups in total. The SMILES string of the molecule is Cc1ccc2cc(C(=O)Nc3cccc(C(N)=O)c3)[nH]c2c1. The van der Waals surface area contributed by atoms with Crippen molar-refractivity contribution in [3.8, 4) is 0 Å². The van der Waals surface area contributed by atoms with Crippen molar-refractivity contribution in [2.75, 3.05) is 5.32 Å². The van der Waals surface area contributed by atoms with Crippen LogP contribution in [-0.4, -0.2) is 16.8 Å². The van der Waals surface area contributed by atoms with Crippen molar-refractivity contribution in [2.24, 2.45) is 5.73 Å². The van der Waals surface area contributed by atoms with Crippen LogP contribution in [0, 0.1) is 6.92 Å². The van der Waals surface area contributed by atoms with Crippen molar-refractivity contribution >= 4 is 28.4 Å². The van der Waals surface area contributed by atoms with E-state index in [4.69, 9.17) is 5.73 Å². The van der Waals surface area contributed by atoms with Crippen LogP contribution in [0.25, 0.3) is 10.9 Å². The molecule has 0 unspecified atom stereocenters. The van der Waals surface area contributed by atoms with E-state index >= 15 is 0 Å². The van der Waals surface area contributed by atoms with Crippen LogP contribution in [0.2, 0.25) is 0 Å². The minimum atomic E-state index is -0.530. The smallest absolute Gasteiger partial charge is 0.272 e. The third kappa shape index (κ3) is 2.69. The third-order valence-electron chi connectivity index (χ3n) is 3.43. The monoisotopic (exact) mass is 293 g/mol. The summed E-state index contributed by atoms with van der Waals surface area (Å²) in [6.07, 6.45) is 0. The van der Waals surface area contributed by atoms with Gasteiger partial charge >= 0.3 is 0 Å². The fourth-order valence-corrected chi connectivity index (χ4v) is 2.31. The lowest BCUT2D eigenvalue weighted by Gasteiger charge is -2.04. The number of rotatable bonds is 3. The minimum absolute atomic E-state index is 0.268. The summed E-state index contributed by atoms with van der Waals surface area (Å²) in [6, 6.07) is 14.3. The number of aromatic nitrogens is 1. The Bertz CT molecular complexity index is 880. The summed E-state index contributed by atoms with van der Waals surface area (Å²) < 4.78 is 0. The summed E-state index contributed by atoms with van der Waals surface area (Å²) in [5.74, 6) is -0.798. The first-order valence-corrected chi connectivity index (χ1v) is 6.83. The van der Waals surface area contributed by atoms with Gasteiger partial charge in [-0.2, -0.15) is 0 Å². The highest BCUT2D eigenvalue weighted by molar-refractivity contribution is 6.06. The topological polar surface area (TPSA) is 88.0 Å². The largest absolute Gasteiger partial charge is 0.366 e. The van der Waals surface area contributed by atoms with Gasteiger partial charge in [0, 0.05) is 22.2 Å². The number of hydrogen-bond donors (Lipinski definition) is 3. The van der Waals surface area contributed by atoms with Crippen LogP contribution in [0.15, 0.2) is 48.5 Å². The molecule has 110 valence electrons. The zero-order chi connectivity index (χ0) is 15.7. The standard InChI is InChI=1S/C17H15N3O2/c1-10-5-6-11-9-15(20-14(11)7-10)17(22)19-13-4-2-3-12(8-13)16(18)21/h2-9,20H,1H3,(H2,18,21)(H,19,22). The summed E-state index contributed by atoms with van der Waals surface area (Å²) in [4.78, 5) is 26.5. The maximum Gasteiger partial charge on any atom is 0.272 e. The number of primary amides is 1. The van der Waals surface area contributed by atoms with E-state index in [1.807, 2.05) is 25.1 Å². The molecule has 0 spiro atoms. The molecule has 0 aliphatic heterocycles.